The first-order chi connectivity index (χ1) is 12.8. The van der Waals surface area contributed by atoms with Crippen LogP contribution in [0.4, 0.5) is 11.4 Å². The third kappa shape index (κ3) is 4.58. The van der Waals surface area contributed by atoms with Gasteiger partial charge in [0.25, 0.3) is 15.8 Å². The molecule has 0 aliphatic carbocycles. The van der Waals surface area contributed by atoms with E-state index in [1.165, 1.54) is 24.3 Å². The predicted molar refractivity (Wildman–Crippen MR) is 103 cm³/mol. The number of piperidine rings is 1. The molecule has 1 aliphatic rings. The minimum absolute atomic E-state index is 0.0637. The summed E-state index contributed by atoms with van der Waals surface area (Å²) in [6.45, 7) is 2.98. The largest absolute Gasteiger partial charge is 0.370 e. The Hall–Kier alpha value is -2.16. The number of halogens is 1. The highest BCUT2D eigenvalue weighted by atomic mass is 35.5. The molecule has 144 valence electrons. The molecule has 3 rings (SSSR count). The molecule has 0 atom stereocenters. The maximum absolute atomic E-state index is 12.4. The van der Waals surface area contributed by atoms with Crippen LogP contribution < -0.4 is 4.90 Å². The molecule has 0 bridgehead atoms. The summed E-state index contributed by atoms with van der Waals surface area (Å²) in [5, 5.41) is 11.1. The van der Waals surface area contributed by atoms with Crippen molar-refractivity contribution < 1.29 is 17.5 Å². The Balaban J connectivity index is 1.64. The van der Waals surface area contributed by atoms with Crippen LogP contribution in [0.2, 0.25) is 5.02 Å². The van der Waals surface area contributed by atoms with Crippen LogP contribution in [0.1, 0.15) is 18.4 Å². The summed E-state index contributed by atoms with van der Waals surface area (Å²) >= 11 is 6.17. The van der Waals surface area contributed by atoms with Crippen LogP contribution in [0, 0.1) is 17.0 Å². The molecule has 1 aliphatic heterocycles. The van der Waals surface area contributed by atoms with Crippen molar-refractivity contribution >= 4 is 33.1 Å². The number of nitrogens with zero attached hydrogens (tertiary/aromatic N) is 2. The van der Waals surface area contributed by atoms with E-state index in [1.54, 1.807) is 18.2 Å². The first kappa shape index (κ1) is 19.6. The highest BCUT2D eigenvalue weighted by molar-refractivity contribution is 7.86. The highest BCUT2D eigenvalue weighted by Crippen LogP contribution is 2.32. The molecule has 0 radical (unpaired) electrons. The Morgan fingerprint density at radius 1 is 1.15 bits per heavy atom. The van der Waals surface area contributed by atoms with E-state index in [-0.39, 0.29) is 10.6 Å². The van der Waals surface area contributed by atoms with Crippen LogP contribution >= 0.6 is 11.6 Å². The third-order valence-corrected chi connectivity index (χ3v) is 6.17. The molecule has 0 unspecified atom stereocenters. The van der Waals surface area contributed by atoms with Crippen LogP contribution in [0.3, 0.4) is 0 Å². The van der Waals surface area contributed by atoms with Gasteiger partial charge >= 0.3 is 0 Å². The lowest BCUT2D eigenvalue weighted by atomic mass is 10.1. The number of rotatable bonds is 5. The van der Waals surface area contributed by atoms with E-state index in [0.717, 1.165) is 5.56 Å². The number of aryl methyl sites for hydroxylation is 1. The molecular weight excluding hydrogens is 392 g/mol. The lowest BCUT2D eigenvalue weighted by Crippen LogP contribution is -2.38. The fourth-order valence-electron chi connectivity index (χ4n) is 3.00. The molecule has 0 amide bonds. The van der Waals surface area contributed by atoms with E-state index in [1.807, 2.05) is 11.8 Å². The van der Waals surface area contributed by atoms with Crippen molar-refractivity contribution in [3.63, 3.8) is 0 Å². The van der Waals surface area contributed by atoms with Crippen molar-refractivity contribution in [2.24, 2.45) is 0 Å². The van der Waals surface area contributed by atoms with Crippen LogP contribution in [-0.4, -0.2) is 32.5 Å². The topological polar surface area (TPSA) is 89.8 Å². The van der Waals surface area contributed by atoms with Gasteiger partial charge in [0.1, 0.15) is 0 Å². The maximum Gasteiger partial charge on any atom is 0.297 e. The van der Waals surface area contributed by atoms with Crippen molar-refractivity contribution in [2.75, 3.05) is 18.0 Å². The van der Waals surface area contributed by atoms with Gasteiger partial charge in [-0.3, -0.25) is 14.3 Å². The summed E-state index contributed by atoms with van der Waals surface area (Å²) in [6.07, 6.45) is 0.612. The van der Waals surface area contributed by atoms with Gasteiger partial charge in [-0.15, -0.1) is 0 Å². The number of nitro groups is 1. The molecule has 2 aromatic carbocycles. The van der Waals surface area contributed by atoms with E-state index in [2.05, 4.69) is 0 Å². The fraction of sp³-hybridized carbons (Fsp3) is 0.333. The van der Waals surface area contributed by atoms with Crippen molar-refractivity contribution in [1.82, 2.24) is 0 Å². The quantitative estimate of drug-likeness (QED) is 0.421. The zero-order chi connectivity index (χ0) is 19.6. The Morgan fingerprint density at radius 3 is 2.33 bits per heavy atom. The normalized spacial score (nSPS) is 15.7. The molecule has 1 heterocycles. The summed E-state index contributed by atoms with van der Waals surface area (Å²) in [5.74, 6) is 0. The number of hydrogen-bond acceptors (Lipinski definition) is 6. The van der Waals surface area contributed by atoms with Gasteiger partial charge in [0.2, 0.25) is 0 Å². The van der Waals surface area contributed by atoms with Gasteiger partial charge in [0.05, 0.1) is 26.6 Å². The van der Waals surface area contributed by atoms with E-state index in [4.69, 9.17) is 15.8 Å². The monoisotopic (exact) mass is 410 g/mol. The van der Waals surface area contributed by atoms with Crippen LogP contribution in [0.5, 0.6) is 0 Å². The molecule has 7 nitrogen and oxygen atoms in total. The molecule has 27 heavy (non-hydrogen) atoms. The van der Waals surface area contributed by atoms with E-state index in [0.29, 0.717) is 36.6 Å². The zero-order valence-corrected chi connectivity index (χ0v) is 16.2. The number of benzene rings is 2. The first-order valence-electron chi connectivity index (χ1n) is 8.45. The van der Waals surface area contributed by atoms with Crippen molar-refractivity contribution in [2.45, 2.75) is 30.8 Å². The van der Waals surface area contributed by atoms with Crippen LogP contribution in [0.15, 0.2) is 47.4 Å². The van der Waals surface area contributed by atoms with Gasteiger partial charge in [-0.25, -0.2) is 0 Å². The zero-order valence-electron chi connectivity index (χ0n) is 14.7. The molecule has 2 aromatic rings. The minimum Gasteiger partial charge on any atom is -0.370 e. The second-order valence-electron chi connectivity index (χ2n) is 6.44. The van der Waals surface area contributed by atoms with Gasteiger partial charge in [-0.2, -0.15) is 8.42 Å². The molecular formula is C18H19ClN2O5S. The lowest BCUT2D eigenvalue weighted by Gasteiger charge is -2.33. The summed E-state index contributed by atoms with van der Waals surface area (Å²) in [5.41, 5.74) is 1.61. The molecule has 0 spiro atoms. The van der Waals surface area contributed by atoms with E-state index < -0.39 is 21.1 Å². The van der Waals surface area contributed by atoms with Gasteiger partial charge in [-0.1, -0.05) is 29.3 Å². The number of non-ortho nitro benzene ring substituents is 1. The number of hydrogen-bond donors (Lipinski definition) is 0. The SMILES string of the molecule is Cc1ccc(S(=O)(=O)OC2CCN(c3ccc([N+](=O)[O-])cc3Cl)CC2)cc1. The van der Waals surface area contributed by atoms with Crippen molar-refractivity contribution in [3.05, 3.63) is 63.2 Å². The average Bonchev–Trinajstić information content (AvgIpc) is 2.62. The first-order valence-corrected chi connectivity index (χ1v) is 10.2. The smallest absolute Gasteiger partial charge is 0.297 e. The van der Waals surface area contributed by atoms with Gasteiger partial charge in [-0.05, 0) is 38.0 Å². The van der Waals surface area contributed by atoms with Crippen LogP contribution in [0.25, 0.3) is 0 Å². The summed E-state index contributed by atoms with van der Waals surface area (Å²) in [4.78, 5) is 12.4. The van der Waals surface area contributed by atoms with Gasteiger partial charge in [0, 0.05) is 25.2 Å². The number of anilines is 1. The summed E-state index contributed by atoms with van der Waals surface area (Å²) in [7, 11) is -3.80. The van der Waals surface area contributed by atoms with Crippen molar-refractivity contribution in [3.8, 4) is 0 Å². The Bertz CT molecular complexity index is 939. The van der Waals surface area contributed by atoms with Crippen LogP contribution in [-0.2, 0) is 14.3 Å². The van der Waals surface area contributed by atoms with Gasteiger partial charge < -0.3 is 4.90 Å². The maximum atomic E-state index is 12.4. The second kappa shape index (κ2) is 7.84. The molecule has 0 saturated carbocycles. The standard InChI is InChI=1S/C18H19ClN2O5S/c1-13-2-5-16(6-3-13)27(24,25)26-15-8-10-20(11-9-15)18-7-4-14(21(22)23)12-17(18)19/h2-7,12,15H,8-11H2,1H3. The molecule has 1 fully saturated rings. The Morgan fingerprint density at radius 2 is 1.78 bits per heavy atom. The number of nitro benzene ring substituents is 1. The minimum atomic E-state index is -3.80. The Kier molecular flexibility index (Phi) is 5.69. The average molecular weight is 411 g/mol. The molecule has 1 saturated heterocycles. The second-order valence-corrected chi connectivity index (χ2v) is 8.42. The molecule has 0 aromatic heterocycles. The highest BCUT2D eigenvalue weighted by Gasteiger charge is 2.27. The predicted octanol–water partition coefficient (Wildman–Crippen LogP) is 3.93. The molecule has 0 N–H and O–H groups in total. The summed E-state index contributed by atoms with van der Waals surface area (Å²) < 4.78 is 30.2. The van der Waals surface area contributed by atoms with Crippen molar-refractivity contribution in [1.29, 1.82) is 0 Å². The van der Waals surface area contributed by atoms with Gasteiger partial charge in [0.15, 0.2) is 0 Å². The summed E-state index contributed by atoms with van der Waals surface area (Å²) in [6, 6.07) is 10.9. The van der Waals surface area contributed by atoms with E-state index in [9.17, 15) is 18.5 Å². The fourth-order valence-corrected chi connectivity index (χ4v) is 4.42. The Labute approximate surface area is 162 Å². The lowest BCUT2D eigenvalue weighted by molar-refractivity contribution is -0.384. The van der Waals surface area contributed by atoms with E-state index >= 15 is 0 Å². The third-order valence-electron chi connectivity index (χ3n) is 4.50. The molecule has 9 heteroatoms.